The zero-order valence-electron chi connectivity index (χ0n) is 34.2. The van der Waals surface area contributed by atoms with Crippen LogP contribution in [0.25, 0.3) is 22.4 Å². The van der Waals surface area contributed by atoms with E-state index in [1.165, 1.54) is 12.1 Å². The molecule has 4 rings (SSSR count). The highest BCUT2D eigenvalue weighted by atomic mass is 19.1. The van der Waals surface area contributed by atoms with Crippen LogP contribution in [0, 0.1) is 11.7 Å². The summed E-state index contributed by atoms with van der Waals surface area (Å²) >= 11 is 0. The fourth-order valence-corrected chi connectivity index (χ4v) is 7.31. The predicted octanol–water partition coefficient (Wildman–Crippen LogP) is 11.0. The number of nitrogens with zero attached hydrogens (tertiary/aromatic N) is 1. The number of halogens is 1. The summed E-state index contributed by atoms with van der Waals surface area (Å²) in [5, 5.41) is 28.4. The van der Waals surface area contributed by atoms with E-state index in [0.29, 0.717) is 68.6 Å². The quantitative estimate of drug-likeness (QED) is 0.0501. The summed E-state index contributed by atoms with van der Waals surface area (Å²) in [6, 6.07) is 25.6. The maximum atomic E-state index is 14.3. The first kappa shape index (κ1) is 43.8. The van der Waals surface area contributed by atoms with Crippen LogP contribution in [0.5, 0.6) is 0 Å². The van der Waals surface area contributed by atoms with Crippen LogP contribution in [0.3, 0.4) is 0 Å². The van der Waals surface area contributed by atoms with Crippen molar-refractivity contribution in [3.05, 3.63) is 139 Å². The second-order valence-electron chi connectivity index (χ2n) is 16.3. The number of carbonyl (C=O) groups is 1. The number of aliphatic hydroxyl groups is 2. The number of anilines is 1. The predicted molar refractivity (Wildman–Crippen MR) is 229 cm³/mol. The van der Waals surface area contributed by atoms with Crippen molar-refractivity contribution in [3.63, 3.8) is 0 Å². The van der Waals surface area contributed by atoms with Gasteiger partial charge in [0.05, 0.1) is 29.2 Å². The lowest BCUT2D eigenvalue weighted by molar-refractivity contribution is 0.0340. The number of ether oxygens (including phenoxy) is 1. The Morgan fingerprint density at radius 3 is 2.07 bits per heavy atom. The van der Waals surface area contributed by atoms with Gasteiger partial charge in [0.15, 0.2) is 0 Å². The Bertz CT molecular complexity index is 1910. The van der Waals surface area contributed by atoms with Crippen LogP contribution < -0.4 is 10.6 Å². The third-order valence-corrected chi connectivity index (χ3v) is 9.54. The van der Waals surface area contributed by atoms with Gasteiger partial charge in [-0.25, -0.2) is 4.39 Å². The van der Waals surface area contributed by atoms with Gasteiger partial charge in [-0.05, 0) is 112 Å². The third-order valence-electron chi connectivity index (χ3n) is 9.54. The summed E-state index contributed by atoms with van der Waals surface area (Å²) in [6.07, 6.45) is 2.04. The zero-order chi connectivity index (χ0) is 41.0. The summed E-state index contributed by atoms with van der Waals surface area (Å²) in [5.74, 6) is 0.109. The van der Waals surface area contributed by atoms with E-state index in [2.05, 4.69) is 55.7 Å². The lowest BCUT2D eigenvalue weighted by Gasteiger charge is -2.24. The molecular formula is C48H62FN3O4. The summed E-state index contributed by atoms with van der Waals surface area (Å²) in [4.78, 5) is 14.3. The number of aromatic nitrogens is 1. The molecular weight excluding hydrogens is 702 g/mol. The van der Waals surface area contributed by atoms with Gasteiger partial charge in [0, 0.05) is 42.2 Å². The van der Waals surface area contributed by atoms with Gasteiger partial charge in [0.1, 0.15) is 11.4 Å². The van der Waals surface area contributed by atoms with E-state index < -0.39 is 12.2 Å². The minimum Gasteiger partial charge on any atom is -0.493 e. The molecule has 1 aromatic heterocycles. The van der Waals surface area contributed by atoms with E-state index >= 15 is 0 Å². The number of hydrogen-bond donors (Lipinski definition) is 4. The monoisotopic (exact) mass is 763 g/mol. The first-order valence-corrected chi connectivity index (χ1v) is 19.8. The summed E-state index contributed by atoms with van der Waals surface area (Å²) in [7, 11) is 0. The first-order chi connectivity index (χ1) is 26.5. The molecule has 3 atom stereocenters. The highest BCUT2D eigenvalue weighted by Gasteiger charge is 2.31. The van der Waals surface area contributed by atoms with E-state index in [4.69, 9.17) is 4.74 Å². The van der Waals surface area contributed by atoms with Crippen LogP contribution in [0.2, 0.25) is 0 Å². The lowest BCUT2D eigenvalue weighted by atomic mass is 9.94. The molecule has 0 saturated carbocycles. The number of benzene rings is 3. The minimum absolute atomic E-state index is 0.0464. The molecule has 4 aromatic rings. The number of hydrogen-bond acceptors (Lipinski definition) is 5. The highest BCUT2D eigenvalue weighted by Crippen LogP contribution is 2.43. The number of amides is 1. The second kappa shape index (κ2) is 20.3. The topological polar surface area (TPSA) is 95.8 Å². The summed E-state index contributed by atoms with van der Waals surface area (Å²) in [5.41, 5.74) is 6.84. The molecule has 56 heavy (non-hydrogen) atoms. The van der Waals surface area contributed by atoms with Crippen LogP contribution in [-0.4, -0.2) is 45.0 Å². The average molecular weight is 764 g/mol. The van der Waals surface area contributed by atoms with Crippen molar-refractivity contribution in [2.24, 2.45) is 5.92 Å². The average Bonchev–Trinajstić information content (AvgIpc) is 3.46. The molecule has 0 spiro atoms. The molecule has 0 bridgehead atoms. The Balaban J connectivity index is 1.46. The molecule has 0 aliphatic carbocycles. The molecule has 0 saturated heterocycles. The van der Waals surface area contributed by atoms with Crippen molar-refractivity contribution in [1.82, 2.24) is 9.88 Å². The SMILES string of the molecule is C=C(CCNC(=C)C[C@H](C)C[C@H](O)CCn1c(-c2ccc(F)cc2)c(-c2ccccc2)c(C(=O)Nc2ccccc2)c1C(C)C)C[C@@H](O)CC(=C)OC(C)(C)C. The van der Waals surface area contributed by atoms with Crippen LogP contribution in [0.4, 0.5) is 10.1 Å². The summed E-state index contributed by atoms with van der Waals surface area (Å²) < 4.78 is 22.2. The summed E-state index contributed by atoms with van der Waals surface area (Å²) in [6.45, 7) is 25.5. The molecule has 0 aliphatic heterocycles. The third kappa shape index (κ3) is 13.1. The molecule has 8 heteroatoms. The molecule has 4 N–H and O–H groups in total. The van der Waals surface area contributed by atoms with E-state index in [1.54, 1.807) is 12.1 Å². The van der Waals surface area contributed by atoms with E-state index in [0.717, 1.165) is 39.3 Å². The number of carbonyl (C=O) groups excluding carboxylic acids is 1. The number of para-hydroxylation sites is 1. The maximum absolute atomic E-state index is 14.3. The van der Waals surface area contributed by atoms with Crippen LogP contribution in [0.15, 0.2) is 122 Å². The fourth-order valence-electron chi connectivity index (χ4n) is 7.31. The van der Waals surface area contributed by atoms with Gasteiger partial charge in [-0.2, -0.15) is 0 Å². The minimum atomic E-state index is -0.610. The molecule has 0 radical (unpaired) electrons. The lowest BCUT2D eigenvalue weighted by Crippen LogP contribution is -2.21. The standard InChI is InChI=1S/C48H62FN3O4/c1-32(2)45-44(47(55)51-40-18-14-11-15-19-40)43(37-16-12-10-13-17-37)46(38-20-22-39(49)23-21-38)52(45)27-25-41(53)30-34(4)28-35(5)50-26-24-33(3)29-42(54)31-36(6)56-48(7,8)9/h10-23,32,34,41-42,50,53-54H,3,5-6,24-31H2,1-2,4,7-9H3,(H,51,55)/t34-,41+,42+/m0/s1. The van der Waals surface area contributed by atoms with Crippen molar-refractivity contribution in [2.45, 2.75) is 110 Å². The fraction of sp³-hybridized carbons (Fsp3) is 0.396. The largest absolute Gasteiger partial charge is 0.493 e. The van der Waals surface area contributed by atoms with Gasteiger partial charge < -0.3 is 30.2 Å². The Labute approximate surface area is 334 Å². The van der Waals surface area contributed by atoms with Gasteiger partial charge in [-0.3, -0.25) is 4.79 Å². The number of allylic oxidation sites excluding steroid dienone is 1. The van der Waals surface area contributed by atoms with Gasteiger partial charge in [-0.1, -0.05) is 94.6 Å². The number of aliphatic hydroxyl groups excluding tert-OH is 2. The Hall–Kier alpha value is -4.92. The van der Waals surface area contributed by atoms with Gasteiger partial charge in [0.2, 0.25) is 0 Å². The molecule has 300 valence electrons. The van der Waals surface area contributed by atoms with Crippen LogP contribution in [0.1, 0.15) is 102 Å². The highest BCUT2D eigenvalue weighted by molar-refractivity contribution is 6.12. The number of nitrogens with one attached hydrogen (secondary N) is 2. The van der Waals surface area contributed by atoms with Crippen molar-refractivity contribution >= 4 is 11.6 Å². The van der Waals surface area contributed by atoms with E-state index in [-0.39, 0.29) is 29.2 Å². The Kier molecular flexibility index (Phi) is 15.9. The van der Waals surface area contributed by atoms with Gasteiger partial charge >= 0.3 is 0 Å². The van der Waals surface area contributed by atoms with Crippen molar-refractivity contribution in [1.29, 1.82) is 0 Å². The van der Waals surface area contributed by atoms with E-state index in [1.807, 2.05) is 81.4 Å². The molecule has 3 aromatic carbocycles. The van der Waals surface area contributed by atoms with Crippen molar-refractivity contribution < 1.29 is 24.1 Å². The van der Waals surface area contributed by atoms with Gasteiger partial charge in [0.25, 0.3) is 5.91 Å². The second-order valence-corrected chi connectivity index (χ2v) is 16.3. The molecule has 0 unspecified atom stereocenters. The van der Waals surface area contributed by atoms with Crippen LogP contribution in [-0.2, 0) is 11.3 Å². The van der Waals surface area contributed by atoms with Gasteiger partial charge in [-0.15, -0.1) is 0 Å². The first-order valence-electron chi connectivity index (χ1n) is 19.8. The normalized spacial score (nSPS) is 13.2. The van der Waals surface area contributed by atoms with Crippen LogP contribution >= 0.6 is 0 Å². The van der Waals surface area contributed by atoms with Crippen molar-refractivity contribution in [3.8, 4) is 22.4 Å². The molecule has 1 amide bonds. The molecule has 0 aliphatic rings. The molecule has 1 heterocycles. The van der Waals surface area contributed by atoms with Crippen molar-refractivity contribution in [2.75, 3.05) is 11.9 Å². The zero-order valence-corrected chi connectivity index (χ0v) is 34.2. The number of rotatable bonds is 21. The maximum Gasteiger partial charge on any atom is 0.258 e. The Morgan fingerprint density at radius 2 is 1.46 bits per heavy atom. The molecule has 0 fully saturated rings. The Morgan fingerprint density at radius 1 is 0.839 bits per heavy atom. The van der Waals surface area contributed by atoms with E-state index in [9.17, 15) is 19.4 Å². The smallest absolute Gasteiger partial charge is 0.258 e. The molecule has 7 nitrogen and oxygen atoms in total.